The van der Waals surface area contributed by atoms with Crippen molar-refractivity contribution in [2.45, 2.75) is 6.10 Å². The second kappa shape index (κ2) is 6.52. The largest absolute Gasteiger partial charge is 0.493 e. The van der Waals surface area contributed by atoms with Crippen molar-refractivity contribution >= 4 is 5.97 Å². The fourth-order valence-electron chi connectivity index (χ4n) is 1.38. The average Bonchev–Trinajstić information content (AvgIpc) is 2.42. The van der Waals surface area contributed by atoms with Gasteiger partial charge in [-0.25, -0.2) is 4.79 Å². The molecule has 1 aromatic rings. The topological polar surface area (TPSA) is 65.0 Å². The summed E-state index contributed by atoms with van der Waals surface area (Å²) in [5, 5.41) is 9.88. The predicted molar refractivity (Wildman–Crippen MR) is 64.3 cm³/mol. The monoisotopic (exact) mass is 250 g/mol. The fourth-order valence-corrected chi connectivity index (χ4v) is 1.38. The predicted octanol–water partition coefficient (Wildman–Crippen LogP) is 0.914. The van der Waals surface area contributed by atoms with E-state index in [-0.39, 0.29) is 0 Å². The highest BCUT2D eigenvalue weighted by molar-refractivity contribution is 5.88. The molecule has 0 aliphatic carbocycles. The molecule has 96 valence electrons. The molecule has 0 fully saturated rings. The second-order valence-electron chi connectivity index (χ2n) is 3.25. The van der Waals surface area contributed by atoms with Crippen molar-refractivity contribution in [3.63, 3.8) is 0 Å². The van der Waals surface area contributed by atoms with E-state index in [1.54, 1.807) is 18.2 Å². The van der Waals surface area contributed by atoms with Gasteiger partial charge in [-0.3, -0.25) is 0 Å². The Morgan fingerprint density at radius 2 is 2.00 bits per heavy atom. The molecule has 0 spiro atoms. The van der Waals surface area contributed by atoms with Crippen LogP contribution in [-0.2, 0) is 9.53 Å². The molecule has 0 bridgehead atoms. The lowest BCUT2D eigenvalue weighted by Crippen LogP contribution is -2.02. The van der Waals surface area contributed by atoms with Crippen molar-refractivity contribution in [3.8, 4) is 23.3 Å². The molecule has 5 heteroatoms. The number of carbonyl (C=O) groups is 1. The number of para-hydroxylation sites is 1. The Bertz CT molecular complexity index is 484. The molecule has 0 amide bonds. The summed E-state index contributed by atoms with van der Waals surface area (Å²) in [7, 11) is 4.17. The number of carbonyl (C=O) groups excluding carboxylic acids is 1. The maximum absolute atomic E-state index is 10.9. The molecule has 0 heterocycles. The third kappa shape index (κ3) is 3.15. The van der Waals surface area contributed by atoms with E-state index >= 15 is 0 Å². The number of hydrogen-bond acceptors (Lipinski definition) is 5. The molecule has 0 saturated heterocycles. The first-order valence-electron chi connectivity index (χ1n) is 5.12. The number of ether oxygens (including phenoxy) is 3. The highest BCUT2D eigenvalue weighted by Crippen LogP contribution is 2.34. The summed E-state index contributed by atoms with van der Waals surface area (Å²) in [5.41, 5.74) is 0.424. The molecule has 0 aliphatic rings. The SMILES string of the molecule is COC(=O)C#CC(O)c1cccc(OC)c1OC. The molecular weight excluding hydrogens is 236 g/mol. The molecule has 18 heavy (non-hydrogen) atoms. The Morgan fingerprint density at radius 1 is 1.28 bits per heavy atom. The molecule has 1 N–H and O–H groups in total. The van der Waals surface area contributed by atoms with Gasteiger partial charge in [-0.05, 0) is 6.07 Å². The van der Waals surface area contributed by atoms with Crippen LogP contribution in [0.4, 0.5) is 0 Å². The standard InChI is InChI=1S/C13H14O5/c1-16-11-6-4-5-9(13(11)18-3)10(14)7-8-12(15)17-2/h4-6,10,14H,1-3H3. The highest BCUT2D eigenvalue weighted by atomic mass is 16.5. The van der Waals surface area contributed by atoms with Crippen LogP contribution in [0.15, 0.2) is 18.2 Å². The van der Waals surface area contributed by atoms with E-state index in [4.69, 9.17) is 9.47 Å². The lowest BCUT2D eigenvalue weighted by molar-refractivity contribution is -0.133. The first kappa shape index (κ1) is 13.9. The van der Waals surface area contributed by atoms with Crippen LogP contribution < -0.4 is 9.47 Å². The molecule has 1 aromatic carbocycles. The van der Waals surface area contributed by atoms with Crippen molar-refractivity contribution < 1.29 is 24.1 Å². The van der Waals surface area contributed by atoms with E-state index in [0.717, 1.165) is 0 Å². The first-order valence-corrected chi connectivity index (χ1v) is 5.12. The number of hydrogen-bond donors (Lipinski definition) is 1. The van der Waals surface area contributed by atoms with Crippen LogP contribution >= 0.6 is 0 Å². The molecule has 1 unspecified atom stereocenters. The van der Waals surface area contributed by atoms with Crippen LogP contribution in [0.5, 0.6) is 11.5 Å². The van der Waals surface area contributed by atoms with Crippen molar-refractivity contribution in [3.05, 3.63) is 23.8 Å². The maximum atomic E-state index is 10.9. The minimum absolute atomic E-state index is 0.381. The summed E-state index contributed by atoms with van der Waals surface area (Å²) in [5.74, 6) is 4.68. The Kier molecular flexibility index (Phi) is 5.03. The quantitative estimate of drug-likeness (QED) is 0.491. The van der Waals surface area contributed by atoms with Gasteiger partial charge in [0, 0.05) is 11.5 Å². The fraction of sp³-hybridized carbons (Fsp3) is 0.308. The van der Waals surface area contributed by atoms with Gasteiger partial charge in [-0.1, -0.05) is 18.1 Å². The zero-order valence-corrected chi connectivity index (χ0v) is 10.4. The molecule has 5 nitrogen and oxygen atoms in total. The molecule has 0 aliphatic heterocycles. The van der Waals surface area contributed by atoms with Gasteiger partial charge in [0.25, 0.3) is 0 Å². The van der Waals surface area contributed by atoms with Crippen molar-refractivity contribution in [2.24, 2.45) is 0 Å². The van der Waals surface area contributed by atoms with Crippen LogP contribution in [0.25, 0.3) is 0 Å². The summed E-state index contributed by atoms with van der Waals surface area (Å²) < 4.78 is 14.6. The van der Waals surface area contributed by atoms with Gasteiger partial charge >= 0.3 is 5.97 Å². The number of aliphatic hydroxyl groups excluding tert-OH is 1. The number of benzene rings is 1. The van der Waals surface area contributed by atoms with E-state index in [9.17, 15) is 9.90 Å². The average molecular weight is 250 g/mol. The van der Waals surface area contributed by atoms with Crippen molar-refractivity contribution in [2.75, 3.05) is 21.3 Å². The molecule has 1 rings (SSSR count). The molecule has 0 saturated carbocycles. The van der Waals surface area contributed by atoms with Gasteiger partial charge in [0.05, 0.1) is 21.3 Å². The van der Waals surface area contributed by atoms with E-state index in [1.165, 1.54) is 21.3 Å². The number of aliphatic hydroxyl groups is 1. The van der Waals surface area contributed by atoms with Crippen LogP contribution in [0, 0.1) is 11.8 Å². The molecule has 1 atom stereocenters. The Balaban J connectivity index is 3.08. The van der Waals surface area contributed by atoms with Crippen LogP contribution in [0.3, 0.4) is 0 Å². The van der Waals surface area contributed by atoms with E-state index in [2.05, 4.69) is 16.6 Å². The molecule has 0 aromatic heterocycles. The minimum atomic E-state index is -1.16. The van der Waals surface area contributed by atoms with Gasteiger partial charge in [-0.2, -0.15) is 0 Å². The zero-order valence-electron chi connectivity index (χ0n) is 10.4. The smallest absolute Gasteiger partial charge is 0.384 e. The normalized spacial score (nSPS) is 10.9. The van der Waals surface area contributed by atoms with E-state index in [0.29, 0.717) is 17.1 Å². The maximum Gasteiger partial charge on any atom is 0.384 e. The van der Waals surface area contributed by atoms with Crippen LogP contribution in [0.2, 0.25) is 0 Å². The number of rotatable bonds is 3. The van der Waals surface area contributed by atoms with Crippen molar-refractivity contribution in [1.82, 2.24) is 0 Å². The number of esters is 1. The van der Waals surface area contributed by atoms with Crippen LogP contribution in [0.1, 0.15) is 11.7 Å². The van der Waals surface area contributed by atoms with Crippen molar-refractivity contribution in [1.29, 1.82) is 0 Å². The van der Waals surface area contributed by atoms with E-state index in [1.807, 2.05) is 0 Å². The summed E-state index contributed by atoms with van der Waals surface area (Å²) >= 11 is 0. The van der Waals surface area contributed by atoms with Gasteiger partial charge in [0.15, 0.2) is 11.5 Å². The lowest BCUT2D eigenvalue weighted by Gasteiger charge is -2.13. The summed E-state index contributed by atoms with van der Waals surface area (Å²) in [6.45, 7) is 0. The first-order chi connectivity index (χ1) is 8.63. The number of methoxy groups -OCH3 is 3. The summed E-state index contributed by atoms with van der Waals surface area (Å²) in [6.07, 6.45) is -1.16. The third-order valence-electron chi connectivity index (χ3n) is 2.22. The van der Waals surface area contributed by atoms with Gasteiger partial charge < -0.3 is 19.3 Å². The Morgan fingerprint density at radius 3 is 2.56 bits per heavy atom. The minimum Gasteiger partial charge on any atom is -0.493 e. The summed E-state index contributed by atoms with van der Waals surface area (Å²) in [4.78, 5) is 10.9. The Labute approximate surface area is 105 Å². The van der Waals surface area contributed by atoms with Gasteiger partial charge in [-0.15, -0.1) is 0 Å². The zero-order chi connectivity index (χ0) is 13.5. The van der Waals surface area contributed by atoms with Gasteiger partial charge in [0.1, 0.15) is 6.10 Å². The third-order valence-corrected chi connectivity index (χ3v) is 2.22. The lowest BCUT2D eigenvalue weighted by atomic mass is 10.1. The van der Waals surface area contributed by atoms with Crippen LogP contribution in [-0.4, -0.2) is 32.4 Å². The molecule has 0 radical (unpaired) electrons. The molecular formula is C13H14O5. The summed E-state index contributed by atoms with van der Waals surface area (Å²) in [6, 6.07) is 5.03. The van der Waals surface area contributed by atoms with E-state index < -0.39 is 12.1 Å². The highest BCUT2D eigenvalue weighted by Gasteiger charge is 2.15. The Hall–Kier alpha value is -2.19. The van der Waals surface area contributed by atoms with Gasteiger partial charge in [0.2, 0.25) is 0 Å². The second-order valence-corrected chi connectivity index (χ2v) is 3.25.